The Morgan fingerprint density at radius 2 is 1.93 bits per heavy atom. The second-order valence-electron chi connectivity index (χ2n) is 7.28. The molecule has 27 heavy (non-hydrogen) atoms. The fourth-order valence-electron chi connectivity index (χ4n) is 4.36. The van der Waals surface area contributed by atoms with Gasteiger partial charge in [0.05, 0.1) is 7.11 Å². The molecule has 2 unspecified atom stereocenters. The molecule has 0 spiro atoms. The van der Waals surface area contributed by atoms with Crippen LogP contribution in [0.5, 0.6) is 11.5 Å². The first-order valence-corrected chi connectivity index (χ1v) is 9.13. The molecule has 2 aliphatic rings. The molecule has 0 saturated heterocycles. The van der Waals surface area contributed by atoms with Gasteiger partial charge in [0, 0.05) is 18.5 Å². The molecule has 0 aromatic heterocycles. The van der Waals surface area contributed by atoms with Crippen molar-refractivity contribution < 1.29 is 23.0 Å². The fourth-order valence-corrected chi connectivity index (χ4v) is 4.36. The van der Waals surface area contributed by atoms with Gasteiger partial charge in [-0.1, -0.05) is 12.5 Å². The second kappa shape index (κ2) is 9.55. The molecule has 2 atom stereocenters. The number of amides is 1. The van der Waals surface area contributed by atoms with Crippen LogP contribution >= 0.6 is 12.4 Å². The lowest BCUT2D eigenvalue weighted by Crippen LogP contribution is -2.49. The average Bonchev–Trinajstić information content (AvgIpc) is 2.59. The summed E-state index contributed by atoms with van der Waals surface area (Å²) in [7, 11) is 1.39. The van der Waals surface area contributed by atoms with E-state index in [1.54, 1.807) is 12.1 Å². The molecule has 5 nitrogen and oxygen atoms in total. The highest BCUT2D eigenvalue weighted by molar-refractivity contribution is 5.85. The molecule has 3 rings (SSSR count). The van der Waals surface area contributed by atoms with Crippen LogP contribution in [-0.4, -0.2) is 25.7 Å². The van der Waals surface area contributed by atoms with Crippen molar-refractivity contribution in [2.75, 3.05) is 7.11 Å². The number of alkyl halides is 2. The van der Waals surface area contributed by atoms with Crippen molar-refractivity contribution in [3.05, 3.63) is 23.8 Å². The van der Waals surface area contributed by atoms with E-state index < -0.39 is 6.61 Å². The molecular weight excluding hydrogens is 378 g/mol. The van der Waals surface area contributed by atoms with Crippen LogP contribution in [0.4, 0.5) is 8.78 Å². The predicted molar refractivity (Wildman–Crippen MR) is 100 cm³/mol. The average molecular weight is 405 g/mol. The fraction of sp³-hybridized carbons (Fsp3) is 0.632. The van der Waals surface area contributed by atoms with Gasteiger partial charge in [-0.25, -0.2) is 0 Å². The van der Waals surface area contributed by atoms with Crippen molar-refractivity contribution in [1.82, 2.24) is 5.32 Å². The molecule has 1 amide bonds. The zero-order valence-corrected chi connectivity index (χ0v) is 16.1. The predicted octanol–water partition coefficient (Wildman–Crippen LogP) is 3.49. The third kappa shape index (κ3) is 5.23. The summed E-state index contributed by atoms with van der Waals surface area (Å²) < 4.78 is 34.5. The van der Waals surface area contributed by atoms with E-state index in [1.165, 1.54) is 19.6 Å². The van der Waals surface area contributed by atoms with Crippen molar-refractivity contribution in [3.8, 4) is 11.5 Å². The Labute approximate surface area is 164 Å². The van der Waals surface area contributed by atoms with Crippen molar-refractivity contribution in [2.45, 2.75) is 51.3 Å². The standard InChI is InChI=1S/C19H26F2N2O3.ClH/c1-25-15-6-5-11(7-16(15)26-19(20)21)10-23-18(24)14-8-12-3-2-4-13(9-14)17(12)22;/h5-7,12-14,17,19H,2-4,8-10,22H2,1H3,(H,23,24);1H. The summed E-state index contributed by atoms with van der Waals surface area (Å²) >= 11 is 0. The van der Waals surface area contributed by atoms with Crippen LogP contribution in [0, 0.1) is 17.8 Å². The van der Waals surface area contributed by atoms with Gasteiger partial charge in [-0.15, -0.1) is 12.4 Å². The number of hydrogen-bond donors (Lipinski definition) is 2. The molecule has 1 aromatic carbocycles. The molecular formula is C19H27ClF2N2O3. The third-order valence-electron chi connectivity index (χ3n) is 5.69. The molecule has 2 fully saturated rings. The Balaban J connectivity index is 0.00000261. The zero-order valence-electron chi connectivity index (χ0n) is 15.3. The first-order chi connectivity index (χ1) is 12.5. The number of carbonyl (C=O) groups is 1. The lowest BCUT2D eigenvalue weighted by Gasteiger charge is -2.43. The molecule has 2 aliphatic carbocycles. The molecule has 0 radical (unpaired) electrons. The van der Waals surface area contributed by atoms with Crippen LogP contribution < -0.4 is 20.5 Å². The van der Waals surface area contributed by atoms with E-state index in [0.29, 0.717) is 17.4 Å². The Morgan fingerprint density at radius 3 is 2.52 bits per heavy atom. The monoisotopic (exact) mass is 404 g/mol. The zero-order chi connectivity index (χ0) is 18.7. The van der Waals surface area contributed by atoms with Crippen molar-refractivity contribution in [3.63, 3.8) is 0 Å². The molecule has 152 valence electrons. The van der Waals surface area contributed by atoms with Crippen LogP contribution in [-0.2, 0) is 11.3 Å². The van der Waals surface area contributed by atoms with Crippen LogP contribution in [0.25, 0.3) is 0 Å². The summed E-state index contributed by atoms with van der Waals surface area (Å²) in [6, 6.07) is 4.98. The van der Waals surface area contributed by atoms with Gasteiger partial charge < -0.3 is 20.5 Å². The quantitative estimate of drug-likeness (QED) is 0.761. The minimum absolute atomic E-state index is 0. The highest BCUT2D eigenvalue weighted by atomic mass is 35.5. The molecule has 1 aromatic rings. The minimum Gasteiger partial charge on any atom is -0.493 e. The topological polar surface area (TPSA) is 73.6 Å². The molecule has 3 N–H and O–H groups in total. The third-order valence-corrected chi connectivity index (χ3v) is 5.69. The largest absolute Gasteiger partial charge is 0.493 e. The van der Waals surface area contributed by atoms with E-state index in [2.05, 4.69) is 10.1 Å². The van der Waals surface area contributed by atoms with Crippen molar-refractivity contribution in [1.29, 1.82) is 0 Å². The SMILES string of the molecule is COc1ccc(CNC(=O)C2CC3CCCC(C2)C3N)cc1OC(F)F.Cl. The highest BCUT2D eigenvalue weighted by Gasteiger charge is 2.40. The maximum atomic E-state index is 12.6. The van der Waals surface area contributed by atoms with Gasteiger partial charge >= 0.3 is 6.61 Å². The van der Waals surface area contributed by atoms with Crippen LogP contribution in [0.1, 0.15) is 37.7 Å². The lowest BCUT2D eigenvalue weighted by atomic mass is 9.65. The Bertz CT molecular complexity index is 633. The normalized spacial score (nSPS) is 26.9. The van der Waals surface area contributed by atoms with E-state index in [-0.39, 0.29) is 48.3 Å². The maximum absolute atomic E-state index is 12.6. The smallest absolute Gasteiger partial charge is 0.387 e. The Kier molecular flexibility index (Phi) is 7.68. The van der Waals surface area contributed by atoms with Gasteiger partial charge in [-0.05, 0) is 55.2 Å². The minimum atomic E-state index is -2.93. The summed E-state index contributed by atoms with van der Waals surface area (Å²) in [6.07, 6.45) is 5.09. The first kappa shape index (κ1) is 21.7. The number of fused-ring (bicyclic) bond motifs is 2. The van der Waals surface area contributed by atoms with Gasteiger partial charge in [-0.2, -0.15) is 8.78 Å². The Morgan fingerprint density at radius 1 is 1.26 bits per heavy atom. The summed E-state index contributed by atoms with van der Waals surface area (Å²) in [5, 5.41) is 2.93. The van der Waals surface area contributed by atoms with Gasteiger partial charge in [0.15, 0.2) is 11.5 Å². The summed E-state index contributed by atoms with van der Waals surface area (Å²) in [5.41, 5.74) is 6.96. The Hall–Kier alpha value is -1.60. The summed E-state index contributed by atoms with van der Waals surface area (Å²) in [6.45, 7) is -2.67. The molecule has 8 heteroatoms. The lowest BCUT2D eigenvalue weighted by molar-refractivity contribution is -0.128. The van der Waals surface area contributed by atoms with E-state index in [9.17, 15) is 13.6 Å². The number of nitrogens with one attached hydrogen (secondary N) is 1. The van der Waals surface area contributed by atoms with Gasteiger partial charge in [0.1, 0.15) is 0 Å². The van der Waals surface area contributed by atoms with E-state index in [0.717, 1.165) is 25.7 Å². The van der Waals surface area contributed by atoms with Crippen molar-refractivity contribution >= 4 is 18.3 Å². The number of carbonyl (C=O) groups excluding carboxylic acids is 1. The van der Waals surface area contributed by atoms with Gasteiger partial charge in [0.25, 0.3) is 0 Å². The summed E-state index contributed by atoms with van der Waals surface area (Å²) in [4.78, 5) is 12.6. The van der Waals surface area contributed by atoms with Gasteiger partial charge in [-0.3, -0.25) is 4.79 Å². The number of rotatable bonds is 6. The van der Waals surface area contributed by atoms with Gasteiger partial charge in [0.2, 0.25) is 5.91 Å². The highest BCUT2D eigenvalue weighted by Crippen LogP contribution is 2.42. The van der Waals surface area contributed by atoms with Crippen LogP contribution in [0.3, 0.4) is 0 Å². The second-order valence-corrected chi connectivity index (χ2v) is 7.28. The molecule has 2 saturated carbocycles. The van der Waals surface area contributed by atoms with Crippen LogP contribution in [0.2, 0.25) is 0 Å². The maximum Gasteiger partial charge on any atom is 0.387 e. The van der Waals surface area contributed by atoms with E-state index in [1.807, 2.05) is 0 Å². The molecule has 2 bridgehead atoms. The molecule has 0 heterocycles. The van der Waals surface area contributed by atoms with E-state index >= 15 is 0 Å². The van der Waals surface area contributed by atoms with Crippen LogP contribution in [0.15, 0.2) is 18.2 Å². The number of halogens is 3. The van der Waals surface area contributed by atoms with Crippen molar-refractivity contribution in [2.24, 2.45) is 23.5 Å². The number of benzene rings is 1. The summed E-state index contributed by atoms with van der Waals surface area (Å²) in [5.74, 6) is 1.07. The number of hydrogen-bond acceptors (Lipinski definition) is 4. The number of methoxy groups -OCH3 is 1. The van der Waals surface area contributed by atoms with E-state index in [4.69, 9.17) is 10.5 Å². The first-order valence-electron chi connectivity index (χ1n) is 9.13. The number of nitrogens with two attached hydrogens (primary N) is 1. The number of ether oxygens (including phenoxy) is 2. The molecule has 0 aliphatic heterocycles.